The largest absolute Gasteiger partial charge is 0.497 e. The first kappa shape index (κ1) is 38.8. The molecule has 3 saturated heterocycles. The lowest BCUT2D eigenvalue weighted by Crippen LogP contribution is -2.29. The van der Waals surface area contributed by atoms with Gasteiger partial charge in [0.2, 0.25) is 17.7 Å². The topological polar surface area (TPSA) is 148 Å². The Kier molecular flexibility index (Phi) is 14.7. The molecule has 0 aliphatic carbocycles. The number of nitrogens with zero attached hydrogens (tertiary/aromatic N) is 3. The van der Waals surface area contributed by atoms with Crippen molar-refractivity contribution in [2.45, 2.75) is 52.2 Å². The second-order valence-electron chi connectivity index (χ2n) is 13.6. The molecular formula is C39H53ClN6O4. The molecule has 3 amide bonds. The first-order valence-corrected chi connectivity index (χ1v) is 17.8. The van der Waals surface area contributed by atoms with Crippen molar-refractivity contribution in [2.75, 3.05) is 46.4 Å². The summed E-state index contributed by atoms with van der Waals surface area (Å²) in [5.41, 5.74) is 21.5. The molecule has 0 spiro atoms. The maximum absolute atomic E-state index is 11.9. The van der Waals surface area contributed by atoms with E-state index in [1.807, 2.05) is 63.2 Å². The average molecular weight is 705 g/mol. The van der Waals surface area contributed by atoms with Gasteiger partial charge in [0.25, 0.3) is 0 Å². The minimum absolute atomic E-state index is 0.0972. The Morgan fingerprint density at radius 2 is 1.12 bits per heavy atom. The molecule has 0 saturated carbocycles. The molecule has 3 aromatic carbocycles. The van der Waals surface area contributed by atoms with Gasteiger partial charge in [0.05, 0.1) is 13.2 Å². The summed E-state index contributed by atoms with van der Waals surface area (Å²) >= 11 is 5.81. The minimum Gasteiger partial charge on any atom is -0.497 e. The van der Waals surface area contributed by atoms with E-state index in [1.54, 1.807) is 7.11 Å². The molecule has 270 valence electrons. The molecule has 3 aliphatic rings. The molecule has 4 unspecified atom stereocenters. The lowest BCUT2D eigenvalue weighted by molar-refractivity contribution is -0.130. The molecule has 3 aliphatic heterocycles. The summed E-state index contributed by atoms with van der Waals surface area (Å²) < 4.78 is 5.13. The zero-order valence-electron chi connectivity index (χ0n) is 29.6. The number of benzene rings is 3. The van der Waals surface area contributed by atoms with Gasteiger partial charge in [-0.1, -0.05) is 65.7 Å². The number of aryl methyl sites for hydroxylation is 1. The first-order valence-electron chi connectivity index (χ1n) is 17.4. The Morgan fingerprint density at radius 3 is 1.54 bits per heavy atom. The fraction of sp³-hybridized carbons (Fsp3) is 0.462. The van der Waals surface area contributed by atoms with Crippen LogP contribution in [0.15, 0.2) is 72.8 Å². The number of ether oxygens (including phenoxy) is 1. The van der Waals surface area contributed by atoms with E-state index in [-0.39, 0.29) is 23.8 Å². The van der Waals surface area contributed by atoms with Crippen LogP contribution < -0.4 is 21.9 Å². The van der Waals surface area contributed by atoms with Crippen LogP contribution in [0.4, 0.5) is 0 Å². The highest BCUT2D eigenvalue weighted by Gasteiger charge is 2.32. The van der Waals surface area contributed by atoms with Gasteiger partial charge in [-0.3, -0.25) is 14.4 Å². The van der Waals surface area contributed by atoms with Crippen molar-refractivity contribution in [2.24, 2.45) is 35.0 Å². The van der Waals surface area contributed by atoms with Gasteiger partial charge >= 0.3 is 0 Å². The van der Waals surface area contributed by atoms with Crippen molar-refractivity contribution in [3.8, 4) is 5.75 Å². The smallest absolute Gasteiger partial charge is 0.223 e. The number of hydrogen-bond donors (Lipinski definition) is 3. The third-order valence-electron chi connectivity index (χ3n) is 9.67. The van der Waals surface area contributed by atoms with Crippen molar-refractivity contribution < 1.29 is 19.1 Å². The zero-order valence-corrected chi connectivity index (χ0v) is 30.4. The number of likely N-dealkylation sites (tertiary alicyclic amines) is 3. The number of nitrogens with two attached hydrogens (primary N) is 3. The van der Waals surface area contributed by atoms with Crippen molar-refractivity contribution >= 4 is 29.3 Å². The average Bonchev–Trinajstić information content (AvgIpc) is 3.81. The quantitative estimate of drug-likeness (QED) is 0.281. The highest BCUT2D eigenvalue weighted by atomic mass is 35.5. The van der Waals surface area contributed by atoms with Crippen molar-refractivity contribution in [1.82, 2.24) is 14.7 Å². The minimum atomic E-state index is 0.0972. The molecule has 3 fully saturated rings. The molecule has 50 heavy (non-hydrogen) atoms. The van der Waals surface area contributed by atoms with E-state index >= 15 is 0 Å². The van der Waals surface area contributed by atoms with Gasteiger partial charge in [-0.15, -0.1) is 0 Å². The first-order chi connectivity index (χ1) is 24.0. The molecule has 11 heteroatoms. The SMILES string of the molecule is COc1ccc(C(C)N2CC(CN)CC2=O)cc1.Cc1ccc(CN2CC(CN)CC2=O)cc1.NCC1CC(=O)N(Cc2ccc(Cl)cc2)C1. The summed E-state index contributed by atoms with van der Waals surface area (Å²) in [4.78, 5) is 41.0. The van der Waals surface area contributed by atoms with Gasteiger partial charge in [0.15, 0.2) is 0 Å². The highest BCUT2D eigenvalue weighted by Crippen LogP contribution is 2.29. The number of rotatable bonds is 10. The van der Waals surface area contributed by atoms with Gasteiger partial charge in [0, 0.05) is 57.0 Å². The molecule has 3 heterocycles. The predicted octanol–water partition coefficient (Wildman–Crippen LogP) is 4.51. The van der Waals surface area contributed by atoms with E-state index < -0.39 is 0 Å². The van der Waals surface area contributed by atoms with Crippen LogP contribution >= 0.6 is 11.6 Å². The Bertz CT molecular complexity index is 1460. The van der Waals surface area contributed by atoms with Gasteiger partial charge in [-0.25, -0.2) is 0 Å². The predicted molar refractivity (Wildman–Crippen MR) is 198 cm³/mol. The van der Waals surface area contributed by atoms with E-state index in [0.717, 1.165) is 48.1 Å². The Morgan fingerprint density at radius 1 is 0.680 bits per heavy atom. The lowest BCUT2D eigenvalue weighted by Gasteiger charge is -2.25. The van der Waals surface area contributed by atoms with Gasteiger partial charge in [-0.2, -0.15) is 0 Å². The summed E-state index contributed by atoms with van der Waals surface area (Å²) in [5.74, 6) is 2.43. The summed E-state index contributed by atoms with van der Waals surface area (Å²) in [6.07, 6.45) is 1.78. The van der Waals surface area contributed by atoms with Crippen LogP contribution in [0.25, 0.3) is 0 Å². The Hall–Kier alpha value is -3.96. The number of methoxy groups -OCH3 is 1. The molecule has 6 rings (SSSR count). The summed E-state index contributed by atoms with van der Waals surface area (Å²) in [6, 6.07) is 23.9. The third kappa shape index (κ3) is 11.0. The van der Waals surface area contributed by atoms with E-state index in [4.69, 9.17) is 33.5 Å². The molecule has 10 nitrogen and oxygen atoms in total. The lowest BCUT2D eigenvalue weighted by atomic mass is 10.1. The van der Waals surface area contributed by atoms with Crippen LogP contribution in [0, 0.1) is 24.7 Å². The standard InChI is InChI=1S/C14H20N2O2.C13H18N2O.C12H15ClN2O/c1-10(12-3-5-13(18-2)6-4-12)16-9-11(8-15)7-14(16)17;1-10-2-4-11(5-3-10)8-15-9-12(7-14)6-13(15)16;13-11-3-1-9(2-4-11)7-15-8-10(6-14)5-12(15)16/h3-6,10-11H,7-9,15H2,1-2H3;2-5,12H,6-9,14H2,1H3;1-4,10H,5-8,14H2. The second kappa shape index (κ2) is 18.9. The van der Waals surface area contributed by atoms with Crippen LogP contribution in [-0.4, -0.2) is 78.8 Å². The van der Waals surface area contributed by atoms with E-state index in [2.05, 4.69) is 38.1 Å². The zero-order chi connectivity index (χ0) is 36.2. The van der Waals surface area contributed by atoms with Gasteiger partial charge in [0.1, 0.15) is 5.75 Å². The van der Waals surface area contributed by atoms with Crippen LogP contribution in [0.3, 0.4) is 0 Å². The molecule has 0 aromatic heterocycles. The van der Waals surface area contributed by atoms with Crippen LogP contribution in [0.5, 0.6) is 5.75 Å². The van der Waals surface area contributed by atoms with E-state index in [1.165, 1.54) is 11.1 Å². The maximum Gasteiger partial charge on any atom is 0.223 e. The monoisotopic (exact) mass is 704 g/mol. The maximum atomic E-state index is 11.9. The summed E-state index contributed by atoms with van der Waals surface area (Å²) in [6.45, 7) is 9.62. The number of halogens is 1. The number of amides is 3. The third-order valence-corrected chi connectivity index (χ3v) is 9.93. The number of hydrogen-bond acceptors (Lipinski definition) is 7. The van der Waals surface area contributed by atoms with Gasteiger partial charge in [-0.05, 0) is 92.2 Å². The van der Waals surface area contributed by atoms with Gasteiger partial charge < -0.3 is 36.6 Å². The molecule has 3 aromatic rings. The van der Waals surface area contributed by atoms with Crippen LogP contribution in [0.2, 0.25) is 5.02 Å². The van der Waals surface area contributed by atoms with Crippen LogP contribution in [-0.2, 0) is 27.5 Å². The molecular weight excluding hydrogens is 652 g/mol. The fourth-order valence-corrected chi connectivity index (χ4v) is 6.58. The highest BCUT2D eigenvalue weighted by molar-refractivity contribution is 6.30. The Balaban J connectivity index is 0.000000169. The Labute approximate surface area is 301 Å². The molecule has 0 radical (unpaired) electrons. The van der Waals surface area contributed by atoms with E-state index in [0.29, 0.717) is 63.2 Å². The number of carbonyl (C=O) groups is 3. The van der Waals surface area contributed by atoms with E-state index in [9.17, 15) is 14.4 Å². The molecule has 6 N–H and O–H groups in total. The number of carbonyl (C=O) groups excluding carboxylic acids is 3. The summed E-state index contributed by atoms with van der Waals surface area (Å²) in [7, 11) is 1.65. The fourth-order valence-electron chi connectivity index (χ4n) is 6.46. The normalized spacial score (nSPS) is 20.7. The molecule has 0 bridgehead atoms. The molecule has 4 atom stereocenters. The van der Waals surface area contributed by atoms with Crippen molar-refractivity contribution in [3.05, 3.63) is 100 Å². The second-order valence-corrected chi connectivity index (χ2v) is 14.0. The van der Waals surface area contributed by atoms with Crippen LogP contribution in [0.1, 0.15) is 54.5 Å². The van der Waals surface area contributed by atoms with Crippen molar-refractivity contribution in [1.29, 1.82) is 0 Å². The summed E-state index contributed by atoms with van der Waals surface area (Å²) in [5, 5.41) is 0.719. The van der Waals surface area contributed by atoms with Crippen molar-refractivity contribution in [3.63, 3.8) is 0 Å².